The van der Waals surface area contributed by atoms with Crippen LogP contribution in [0.3, 0.4) is 0 Å². The summed E-state index contributed by atoms with van der Waals surface area (Å²) in [5, 5.41) is 9.19. The fourth-order valence-electron chi connectivity index (χ4n) is 3.25. The van der Waals surface area contributed by atoms with Gasteiger partial charge in [0.05, 0.1) is 5.75 Å². The molecule has 0 spiro atoms. The molecule has 1 aliphatic carbocycles. The Morgan fingerprint density at radius 2 is 2.00 bits per heavy atom. The summed E-state index contributed by atoms with van der Waals surface area (Å²) in [6, 6.07) is 3.19. The first-order valence-electron chi connectivity index (χ1n) is 9.38. The van der Waals surface area contributed by atoms with Gasteiger partial charge in [-0.15, -0.1) is 10.2 Å². The summed E-state index contributed by atoms with van der Waals surface area (Å²) in [6.07, 6.45) is 4.15. The monoisotopic (exact) mass is 425 g/mol. The number of rotatable bonds is 9. The Bertz CT molecular complexity index is 958. The predicted molar refractivity (Wildman–Crippen MR) is 102 cm³/mol. The lowest BCUT2D eigenvalue weighted by Gasteiger charge is -2.12. The third kappa shape index (κ3) is 4.11. The number of aromatic nitrogens is 3. The summed E-state index contributed by atoms with van der Waals surface area (Å²) in [4.78, 5) is 11.2. The molecular weight excluding hydrogens is 402 g/mol. The molecule has 0 radical (unpaired) electrons. The molecule has 9 nitrogen and oxygen atoms in total. The number of hydrogen-bond acceptors (Lipinski definition) is 7. The van der Waals surface area contributed by atoms with Crippen LogP contribution in [0.1, 0.15) is 49.6 Å². The Hall–Kier alpha value is -1.85. The maximum atomic E-state index is 12.6. The van der Waals surface area contributed by atoms with Gasteiger partial charge in [0.1, 0.15) is 11.6 Å². The van der Waals surface area contributed by atoms with E-state index >= 15 is 0 Å². The maximum absolute atomic E-state index is 12.6. The first-order valence-corrected chi connectivity index (χ1v) is 11.8. The molecule has 0 atom stereocenters. The minimum atomic E-state index is -3.55. The highest BCUT2D eigenvalue weighted by Gasteiger charge is 2.31. The van der Waals surface area contributed by atoms with Crippen LogP contribution >= 0.6 is 11.8 Å². The quantitative estimate of drug-likeness (QED) is 0.606. The summed E-state index contributed by atoms with van der Waals surface area (Å²) in [5.74, 6) is 1.90. The summed E-state index contributed by atoms with van der Waals surface area (Å²) in [6.45, 7) is 1.53. The zero-order valence-corrected chi connectivity index (χ0v) is 17.0. The van der Waals surface area contributed by atoms with Gasteiger partial charge in [-0.05, 0) is 37.8 Å². The van der Waals surface area contributed by atoms with E-state index in [0.717, 1.165) is 31.5 Å². The molecule has 0 bridgehead atoms. The Labute approximate surface area is 167 Å². The third-order valence-electron chi connectivity index (χ3n) is 4.91. The third-order valence-corrected chi connectivity index (χ3v) is 7.67. The zero-order chi connectivity index (χ0) is 19.7. The van der Waals surface area contributed by atoms with Crippen LogP contribution in [0.2, 0.25) is 0 Å². The molecule has 152 valence electrons. The molecule has 11 heteroatoms. The average molecular weight is 426 g/mol. The van der Waals surface area contributed by atoms with Crippen molar-refractivity contribution in [3.05, 3.63) is 23.7 Å². The van der Waals surface area contributed by atoms with Crippen molar-refractivity contribution in [2.45, 2.75) is 60.6 Å². The van der Waals surface area contributed by atoms with Crippen molar-refractivity contribution in [2.24, 2.45) is 5.73 Å². The average Bonchev–Trinajstić information content (AvgIpc) is 3.09. The zero-order valence-electron chi connectivity index (χ0n) is 15.4. The Morgan fingerprint density at radius 1 is 1.25 bits per heavy atom. The van der Waals surface area contributed by atoms with Gasteiger partial charge in [0.2, 0.25) is 11.0 Å². The van der Waals surface area contributed by atoms with Crippen LogP contribution in [-0.2, 0) is 27.1 Å². The van der Waals surface area contributed by atoms with E-state index < -0.39 is 10.0 Å². The van der Waals surface area contributed by atoms with E-state index in [-0.39, 0.29) is 17.4 Å². The minimum absolute atomic E-state index is 0.0149. The largest absolute Gasteiger partial charge is 0.447 e. The van der Waals surface area contributed by atoms with Crippen LogP contribution in [0.4, 0.5) is 0 Å². The smallest absolute Gasteiger partial charge is 0.276 e. The number of primary amides is 1. The number of thioether (sulfide) groups is 1. The first-order chi connectivity index (χ1) is 13.4. The van der Waals surface area contributed by atoms with Crippen molar-refractivity contribution in [1.29, 1.82) is 0 Å². The van der Waals surface area contributed by atoms with Crippen molar-refractivity contribution < 1.29 is 17.6 Å². The van der Waals surface area contributed by atoms with Crippen LogP contribution in [0.15, 0.2) is 26.8 Å². The van der Waals surface area contributed by atoms with E-state index in [0.29, 0.717) is 42.2 Å². The molecule has 0 aromatic carbocycles. The van der Waals surface area contributed by atoms with Crippen LogP contribution in [-0.4, -0.2) is 46.5 Å². The second kappa shape index (κ2) is 7.88. The fraction of sp³-hybridized carbons (Fsp3) is 0.588. The van der Waals surface area contributed by atoms with Gasteiger partial charge >= 0.3 is 0 Å². The summed E-state index contributed by atoms with van der Waals surface area (Å²) in [5.41, 5.74) is 5.29. The molecule has 1 amide bonds. The standard InChI is InChI=1S/C17H23N5O4S2/c18-14(23)7-10-22-16(12-3-4-12)19-20-17(22)27-11-13-5-6-15(26-13)28(24,25)21-8-1-2-9-21/h5-6,12H,1-4,7-11H2,(H2,18,23). The molecule has 2 fully saturated rings. The second-order valence-electron chi connectivity index (χ2n) is 7.10. The van der Waals surface area contributed by atoms with Gasteiger partial charge in [0, 0.05) is 32.0 Å². The molecule has 2 aromatic heterocycles. The number of hydrogen-bond donors (Lipinski definition) is 1. The van der Waals surface area contributed by atoms with E-state index in [1.807, 2.05) is 4.57 Å². The van der Waals surface area contributed by atoms with Gasteiger partial charge in [-0.25, -0.2) is 8.42 Å². The van der Waals surface area contributed by atoms with Crippen LogP contribution < -0.4 is 5.73 Å². The number of carbonyl (C=O) groups excluding carboxylic acids is 1. The van der Waals surface area contributed by atoms with Gasteiger partial charge in [-0.3, -0.25) is 4.79 Å². The predicted octanol–water partition coefficient (Wildman–Crippen LogP) is 1.70. The topological polar surface area (TPSA) is 124 Å². The second-order valence-corrected chi connectivity index (χ2v) is 9.92. The first kappa shape index (κ1) is 19.5. The number of carbonyl (C=O) groups is 1. The van der Waals surface area contributed by atoms with Crippen molar-refractivity contribution in [1.82, 2.24) is 19.1 Å². The molecule has 0 unspecified atom stereocenters. The highest BCUT2D eigenvalue weighted by Crippen LogP contribution is 2.40. The van der Waals surface area contributed by atoms with E-state index in [9.17, 15) is 13.2 Å². The summed E-state index contributed by atoms with van der Waals surface area (Å²) in [7, 11) is -3.55. The van der Waals surface area contributed by atoms with Crippen molar-refractivity contribution in [2.75, 3.05) is 13.1 Å². The van der Waals surface area contributed by atoms with Crippen molar-refractivity contribution >= 4 is 27.7 Å². The van der Waals surface area contributed by atoms with Crippen LogP contribution in [0, 0.1) is 0 Å². The maximum Gasteiger partial charge on any atom is 0.276 e. The van der Waals surface area contributed by atoms with E-state index in [2.05, 4.69) is 10.2 Å². The Kier molecular flexibility index (Phi) is 5.48. The lowest BCUT2D eigenvalue weighted by atomic mass is 10.3. The molecule has 2 aromatic rings. The van der Waals surface area contributed by atoms with Gasteiger partial charge in [0.25, 0.3) is 10.0 Å². The van der Waals surface area contributed by atoms with Crippen LogP contribution in [0.5, 0.6) is 0 Å². The number of amides is 1. The molecule has 3 heterocycles. The van der Waals surface area contributed by atoms with Crippen molar-refractivity contribution in [3.8, 4) is 0 Å². The van der Waals surface area contributed by atoms with Gasteiger partial charge in [-0.1, -0.05) is 11.8 Å². The fourth-order valence-corrected chi connectivity index (χ4v) is 5.56. The Morgan fingerprint density at radius 3 is 2.68 bits per heavy atom. The molecule has 1 aliphatic heterocycles. The van der Waals surface area contributed by atoms with E-state index in [4.69, 9.17) is 10.2 Å². The number of nitrogens with two attached hydrogens (primary N) is 1. The SMILES string of the molecule is NC(=O)CCn1c(SCc2ccc(S(=O)(=O)N3CCCC3)o2)nnc1C1CC1. The van der Waals surface area contributed by atoms with E-state index in [1.54, 1.807) is 6.07 Å². The Balaban J connectivity index is 1.45. The van der Waals surface area contributed by atoms with Gasteiger partial charge < -0.3 is 14.7 Å². The van der Waals surface area contributed by atoms with Crippen molar-refractivity contribution in [3.63, 3.8) is 0 Å². The summed E-state index contributed by atoms with van der Waals surface area (Å²) < 4.78 is 34.1. The minimum Gasteiger partial charge on any atom is -0.447 e. The van der Waals surface area contributed by atoms with E-state index in [1.165, 1.54) is 22.1 Å². The lowest BCUT2D eigenvalue weighted by molar-refractivity contribution is -0.118. The molecule has 2 aliphatic rings. The molecule has 1 saturated heterocycles. The number of sulfonamides is 1. The molecule has 1 saturated carbocycles. The number of nitrogens with zero attached hydrogens (tertiary/aromatic N) is 4. The van der Waals surface area contributed by atoms with Gasteiger partial charge in [-0.2, -0.15) is 4.31 Å². The lowest BCUT2D eigenvalue weighted by Crippen LogP contribution is -2.27. The molecule has 2 N–H and O–H groups in total. The highest BCUT2D eigenvalue weighted by atomic mass is 32.2. The summed E-state index contributed by atoms with van der Waals surface area (Å²) >= 11 is 1.41. The normalized spacial score (nSPS) is 18.0. The molecule has 4 rings (SSSR count). The van der Waals surface area contributed by atoms with Crippen LogP contribution in [0.25, 0.3) is 0 Å². The highest BCUT2D eigenvalue weighted by molar-refractivity contribution is 7.98. The molecular formula is C17H23N5O4S2. The molecule has 28 heavy (non-hydrogen) atoms. The number of furan rings is 1. The van der Waals surface area contributed by atoms with Gasteiger partial charge in [0.15, 0.2) is 5.16 Å².